The normalized spacial score (nSPS) is 9.93. The van der Waals surface area contributed by atoms with Gasteiger partial charge < -0.3 is 14.4 Å². The van der Waals surface area contributed by atoms with Crippen LogP contribution in [0, 0.1) is 0 Å². The number of aliphatic carboxylic acids is 1. The van der Waals surface area contributed by atoms with Crippen molar-refractivity contribution in [2.75, 3.05) is 13.1 Å². The highest BCUT2D eigenvalue weighted by Crippen LogP contribution is 2.02. The van der Waals surface area contributed by atoms with Crippen LogP contribution in [0.2, 0.25) is 0 Å². The zero-order valence-corrected chi connectivity index (χ0v) is 8.34. The summed E-state index contributed by atoms with van der Waals surface area (Å²) in [4.78, 5) is 27.1. The molecule has 0 atom stereocenters. The molecule has 1 amide bonds. The average Bonchev–Trinajstić information content (AvgIpc) is 2.68. The lowest BCUT2D eigenvalue weighted by Crippen LogP contribution is -2.36. The number of nitrogens with zero attached hydrogens (tertiary/aromatic N) is 2. The predicted molar refractivity (Wildman–Crippen MR) is 50.3 cm³/mol. The lowest BCUT2D eigenvalue weighted by atomic mass is 10.3. The first-order chi connectivity index (χ1) is 7.15. The van der Waals surface area contributed by atoms with E-state index in [-0.39, 0.29) is 12.2 Å². The van der Waals surface area contributed by atoms with Crippen molar-refractivity contribution in [1.82, 2.24) is 9.88 Å². The lowest BCUT2D eigenvalue weighted by molar-refractivity contribution is -0.137. The molecule has 0 aliphatic rings. The summed E-state index contributed by atoms with van der Waals surface area (Å²) in [5, 5.41) is 8.62. The van der Waals surface area contributed by atoms with E-state index in [2.05, 4.69) is 9.40 Å². The van der Waals surface area contributed by atoms with Gasteiger partial charge in [0.05, 0.1) is 0 Å². The molecule has 0 bridgehead atoms. The second-order valence-corrected chi connectivity index (χ2v) is 2.99. The van der Waals surface area contributed by atoms with Crippen molar-refractivity contribution in [2.45, 2.75) is 13.3 Å². The second kappa shape index (κ2) is 5.14. The summed E-state index contributed by atoms with van der Waals surface area (Å²) in [6, 6.07) is 0. The molecule has 0 fully saturated rings. The van der Waals surface area contributed by atoms with Gasteiger partial charge in [-0.05, 0) is 6.42 Å². The van der Waals surface area contributed by atoms with Gasteiger partial charge in [0.15, 0.2) is 12.1 Å². The van der Waals surface area contributed by atoms with Crippen molar-refractivity contribution in [3.8, 4) is 0 Å². The monoisotopic (exact) mass is 212 g/mol. The van der Waals surface area contributed by atoms with Crippen LogP contribution in [0.25, 0.3) is 0 Å². The Labute approximate surface area is 86.5 Å². The number of oxazole rings is 1. The standard InChI is InChI=1S/C9H12N2O4/c1-2-3-11(4-8(12)13)9(14)7-5-15-6-10-7/h5-6H,2-4H2,1H3,(H,12,13). The minimum absolute atomic E-state index is 0.129. The molecule has 15 heavy (non-hydrogen) atoms. The van der Waals surface area contributed by atoms with Crippen LogP contribution in [-0.2, 0) is 4.79 Å². The molecule has 0 aliphatic heterocycles. The van der Waals surface area contributed by atoms with E-state index in [1.807, 2.05) is 6.92 Å². The first-order valence-electron chi connectivity index (χ1n) is 4.54. The van der Waals surface area contributed by atoms with E-state index in [0.717, 1.165) is 6.39 Å². The van der Waals surface area contributed by atoms with Crippen molar-refractivity contribution >= 4 is 11.9 Å². The number of carboxylic acids is 1. The Morgan fingerprint density at radius 1 is 1.60 bits per heavy atom. The summed E-state index contributed by atoms with van der Waals surface area (Å²) in [5.41, 5.74) is 0.129. The van der Waals surface area contributed by atoms with Crippen molar-refractivity contribution in [3.63, 3.8) is 0 Å². The molecule has 1 aromatic heterocycles. The Balaban J connectivity index is 2.71. The highest BCUT2D eigenvalue weighted by atomic mass is 16.4. The van der Waals surface area contributed by atoms with Gasteiger partial charge in [0, 0.05) is 6.54 Å². The zero-order valence-electron chi connectivity index (χ0n) is 8.34. The number of aromatic nitrogens is 1. The van der Waals surface area contributed by atoms with Gasteiger partial charge >= 0.3 is 5.97 Å². The van der Waals surface area contributed by atoms with Crippen molar-refractivity contribution < 1.29 is 19.1 Å². The van der Waals surface area contributed by atoms with Gasteiger partial charge in [-0.1, -0.05) is 6.92 Å². The van der Waals surface area contributed by atoms with E-state index < -0.39 is 11.9 Å². The maximum atomic E-state index is 11.7. The maximum Gasteiger partial charge on any atom is 0.323 e. The summed E-state index contributed by atoms with van der Waals surface area (Å²) in [6.07, 6.45) is 3.03. The number of carbonyl (C=O) groups excluding carboxylic acids is 1. The van der Waals surface area contributed by atoms with Gasteiger partial charge in [0.1, 0.15) is 12.8 Å². The fraction of sp³-hybridized carbons (Fsp3) is 0.444. The zero-order chi connectivity index (χ0) is 11.3. The molecule has 0 saturated heterocycles. The van der Waals surface area contributed by atoms with Crippen LogP contribution >= 0.6 is 0 Å². The van der Waals surface area contributed by atoms with Crippen molar-refractivity contribution in [3.05, 3.63) is 18.4 Å². The summed E-state index contributed by atoms with van der Waals surface area (Å²) >= 11 is 0. The van der Waals surface area contributed by atoms with Gasteiger partial charge in [-0.3, -0.25) is 9.59 Å². The van der Waals surface area contributed by atoms with Gasteiger partial charge in [-0.25, -0.2) is 4.98 Å². The summed E-state index contributed by atoms with van der Waals surface area (Å²) < 4.78 is 4.66. The molecular weight excluding hydrogens is 200 g/mol. The first kappa shape index (κ1) is 11.2. The van der Waals surface area contributed by atoms with E-state index in [0.29, 0.717) is 13.0 Å². The number of amides is 1. The molecule has 6 heteroatoms. The highest BCUT2D eigenvalue weighted by molar-refractivity contribution is 5.93. The number of hydrogen-bond donors (Lipinski definition) is 1. The molecule has 1 rings (SSSR count). The number of hydrogen-bond acceptors (Lipinski definition) is 4. The third-order valence-corrected chi connectivity index (χ3v) is 1.76. The van der Waals surface area contributed by atoms with E-state index >= 15 is 0 Å². The molecule has 82 valence electrons. The predicted octanol–water partition coefficient (Wildman–Crippen LogP) is 0.611. The summed E-state index contributed by atoms with van der Waals surface area (Å²) in [7, 11) is 0. The lowest BCUT2D eigenvalue weighted by Gasteiger charge is -2.18. The third kappa shape index (κ3) is 3.08. The largest absolute Gasteiger partial charge is 0.480 e. The molecule has 0 unspecified atom stereocenters. The minimum atomic E-state index is -1.04. The van der Waals surface area contributed by atoms with Crippen molar-refractivity contribution in [1.29, 1.82) is 0 Å². The Morgan fingerprint density at radius 3 is 2.80 bits per heavy atom. The summed E-state index contributed by atoms with van der Waals surface area (Å²) in [5.74, 6) is -1.46. The minimum Gasteiger partial charge on any atom is -0.480 e. The first-order valence-corrected chi connectivity index (χ1v) is 4.54. The molecule has 0 aromatic carbocycles. The number of carboxylic acid groups (broad SMARTS) is 1. The average molecular weight is 212 g/mol. The molecule has 0 saturated carbocycles. The fourth-order valence-corrected chi connectivity index (χ4v) is 1.17. The van der Waals surface area contributed by atoms with E-state index in [4.69, 9.17) is 5.11 Å². The van der Waals surface area contributed by atoms with Gasteiger partial charge in [0.2, 0.25) is 0 Å². The Kier molecular flexibility index (Phi) is 3.84. The molecule has 1 N–H and O–H groups in total. The van der Waals surface area contributed by atoms with Crippen molar-refractivity contribution in [2.24, 2.45) is 0 Å². The van der Waals surface area contributed by atoms with Crippen LogP contribution in [-0.4, -0.2) is 40.0 Å². The second-order valence-electron chi connectivity index (χ2n) is 2.99. The third-order valence-electron chi connectivity index (χ3n) is 1.76. The number of carbonyl (C=O) groups is 2. The van der Waals surface area contributed by atoms with Crippen LogP contribution in [0.1, 0.15) is 23.8 Å². The van der Waals surface area contributed by atoms with Gasteiger partial charge in [-0.15, -0.1) is 0 Å². The Hall–Kier alpha value is -1.85. The number of rotatable bonds is 5. The maximum absolute atomic E-state index is 11.7. The van der Waals surface area contributed by atoms with E-state index in [1.54, 1.807) is 0 Å². The fourth-order valence-electron chi connectivity index (χ4n) is 1.17. The van der Waals surface area contributed by atoms with E-state index in [1.165, 1.54) is 11.2 Å². The van der Waals surface area contributed by atoms with Gasteiger partial charge in [-0.2, -0.15) is 0 Å². The molecule has 0 spiro atoms. The van der Waals surface area contributed by atoms with Gasteiger partial charge in [0.25, 0.3) is 5.91 Å². The van der Waals surface area contributed by atoms with Crippen LogP contribution in [0.15, 0.2) is 17.1 Å². The van der Waals surface area contributed by atoms with E-state index in [9.17, 15) is 9.59 Å². The SMILES string of the molecule is CCCN(CC(=O)O)C(=O)c1cocn1. The smallest absolute Gasteiger partial charge is 0.323 e. The summed E-state index contributed by atoms with van der Waals surface area (Å²) in [6.45, 7) is 1.93. The van der Waals surface area contributed by atoms with Crippen LogP contribution in [0.3, 0.4) is 0 Å². The Morgan fingerprint density at radius 2 is 2.33 bits per heavy atom. The highest BCUT2D eigenvalue weighted by Gasteiger charge is 2.19. The molecule has 1 aromatic rings. The molecule has 0 aliphatic carbocycles. The molecule has 0 radical (unpaired) electrons. The Bertz CT molecular complexity index is 334. The van der Waals surface area contributed by atoms with Crippen LogP contribution < -0.4 is 0 Å². The molecule has 1 heterocycles. The quantitative estimate of drug-likeness (QED) is 0.773. The topological polar surface area (TPSA) is 83.6 Å². The van der Waals surface area contributed by atoms with Crippen LogP contribution in [0.5, 0.6) is 0 Å². The van der Waals surface area contributed by atoms with Crippen LogP contribution in [0.4, 0.5) is 0 Å². The molecular formula is C9H12N2O4. The molecule has 6 nitrogen and oxygen atoms in total.